The average molecular weight is 427 g/mol. The van der Waals surface area contributed by atoms with Crippen LogP contribution in [-0.4, -0.2) is 40.7 Å². The third-order valence-electron chi connectivity index (χ3n) is 3.95. The number of rotatable bonds is 6. The lowest BCUT2D eigenvalue weighted by Crippen LogP contribution is -2.41. The van der Waals surface area contributed by atoms with Gasteiger partial charge >= 0.3 is 0 Å². The molecule has 10 heteroatoms. The summed E-state index contributed by atoms with van der Waals surface area (Å²) >= 11 is 5.90. The van der Waals surface area contributed by atoms with Gasteiger partial charge in [0, 0.05) is 16.8 Å². The lowest BCUT2D eigenvalue weighted by Gasteiger charge is -2.20. The van der Waals surface area contributed by atoms with Crippen LogP contribution < -0.4 is 24.2 Å². The van der Waals surface area contributed by atoms with Crippen molar-refractivity contribution in [2.24, 2.45) is 0 Å². The number of nitrogens with one attached hydrogen (secondary N) is 2. The average Bonchev–Trinajstić information content (AvgIpc) is 2.67. The summed E-state index contributed by atoms with van der Waals surface area (Å²) in [6.07, 6.45) is 0. The molecule has 1 aliphatic rings. The number of ether oxygens (including phenoxy) is 3. The molecule has 150 valence electrons. The number of hydrogen-bond acceptors (Lipinski definition) is 6. The highest BCUT2D eigenvalue weighted by atomic mass is 35.5. The minimum atomic E-state index is -4.04. The van der Waals surface area contributed by atoms with Gasteiger partial charge in [-0.2, -0.15) is 4.72 Å². The van der Waals surface area contributed by atoms with E-state index in [1.807, 2.05) is 0 Å². The summed E-state index contributed by atoms with van der Waals surface area (Å²) in [4.78, 5) is 12.3. The first kappa shape index (κ1) is 20.2. The van der Waals surface area contributed by atoms with Gasteiger partial charge in [0.2, 0.25) is 15.9 Å². The van der Waals surface area contributed by atoms with Crippen molar-refractivity contribution in [2.45, 2.75) is 17.9 Å². The number of benzene rings is 2. The predicted octanol–water partition coefficient (Wildman–Crippen LogP) is 2.43. The van der Waals surface area contributed by atoms with Crippen LogP contribution in [-0.2, 0) is 14.8 Å². The van der Waals surface area contributed by atoms with Gasteiger partial charge in [-0.1, -0.05) is 11.6 Å². The Morgan fingerprint density at radius 2 is 1.86 bits per heavy atom. The maximum Gasteiger partial charge on any atom is 0.245 e. The van der Waals surface area contributed by atoms with Crippen molar-refractivity contribution in [1.82, 2.24) is 4.72 Å². The number of hydrogen-bond donors (Lipinski definition) is 2. The monoisotopic (exact) mass is 426 g/mol. The number of sulfonamides is 1. The number of carbonyl (C=O) groups is 1. The smallest absolute Gasteiger partial charge is 0.245 e. The van der Waals surface area contributed by atoms with Crippen LogP contribution in [0.15, 0.2) is 41.3 Å². The number of halogens is 1. The van der Waals surface area contributed by atoms with Gasteiger partial charge in [0.15, 0.2) is 11.5 Å². The largest absolute Gasteiger partial charge is 0.495 e. The Morgan fingerprint density at radius 1 is 1.14 bits per heavy atom. The van der Waals surface area contributed by atoms with Crippen molar-refractivity contribution in [3.63, 3.8) is 0 Å². The van der Waals surface area contributed by atoms with Gasteiger partial charge in [0.25, 0.3) is 0 Å². The number of methoxy groups -OCH3 is 1. The first-order valence-electron chi connectivity index (χ1n) is 8.36. The Labute approximate surface area is 167 Å². The van der Waals surface area contributed by atoms with Crippen LogP contribution in [0.3, 0.4) is 0 Å². The van der Waals surface area contributed by atoms with Crippen molar-refractivity contribution < 1.29 is 27.4 Å². The van der Waals surface area contributed by atoms with E-state index < -0.39 is 22.0 Å². The van der Waals surface area contributed by atoms with Crippen molar-refractivity contribution in [3.05, 3.63) is 41.4 Å². The van der Waals surface area contributed by atoms with E-state index in [-0.39, 0.29) is 15.7 Å². The zero-order valence-electron chi connectivity index (χ0n) is 15.2. The van der Waals surface area contributed by atoms with Crippen molar-refractivity contribution in [2.75, 3.05) is 25.6 Å². The molecule has 0 saturated carbocycles. The summed E-state index contributed by atoms with van der Waals surface area (Å²) in [5.41, 5.74) is 0.459. The van der Waals surface area contributed by atoms with Crippen LogP contribution in [0.1, 0.15) is 6.92 Å². The molecule has 1 heterocycles. The molecule has 0 fully saturated rings. The second-order valence-electron chi connectivity index (χ2n) is 5.99. The van der Waals surface area contributed by atoms with Gasteiger partial charge in [-0.25, -0.2) is 8.42 Å². The van der Waals surface area contributed by atoms with E-state index in [1.165, 1.54) is 32.2 Å². The van der Waals surface area contributed by atoms with Crippen LogP contribution in [0.4, 0.5) is 5.69 Å². The van der Waals surface area contributed by atoms with E-state index in [0.717, 1.165) is 0 Å². The lowest BCUT2D eigenvalue weighted by molar-refractivity contribution is -0.117. The van der Waals surface area contributed by atoms with E-state index in [2.05, 4.69) is 10.0 Å². The molecule has 0 spiro atoms. The van der Waals surface area contributed by atoms with Crippen molar-refractivity contribution in [1.29, 1.82) is 0 Å². The summed E-state index contributed by atoms with van der Waals surface area (Å²) in [5, 5.41) is 2.88. The van der Waals surface area contributed by atoms with Crippen molar-refractivity contribution >= 4 is 33.2 Å². The molecule has 0 aliphatic carbocycles. The highest BCUT2D eigenvalue weighted by Gasteiger charge is 2.25. The topological polar surface area (TPSA) is 103 Å². The fourth-order valence-corrected chi connectivity index (χ4v) is 4.22. The molecule has 0 saturated heterocycles. The Bertz CT molecular complexity index is 996. The minimum absolute atomic E-state index is 0.122. The highest BCUT2D eigenvalue weighted by molar-refractivity contribution is 7.89. The number of anilines is 1. The second kappa shape index (κ2) is 8.26. The second-order valence-corrected chi connectivity index (χ2v) is 8.10. The molecule has 0 radical (unpaired) electrons. The standard InChI is InChI=1S/C18H19ClN2O6S/c1-11(21-28(23,24)17-9-12(19)3-5-15(17)25-2)18(22)20-13-4-6-14-16(10-13)27-8-7-26-14/h3-6,9-11,21H,7-8H2,1-2H3,(H,20,22). The summed E-state index contributed by atoms with van der Waals surface area (Å²) in [7, 11) is -2.69. The summed E-state index contributed by atoms with van der Waals surface area (Å²) < 4.78 is 43.6. The van der Waals surface area contributed by atoms with E-state index in [1.54, 1.807) is 18.2 Å². The molecule has 8 nitrogen and oxygen atoms in total. The fourth-order valence-electron chi connectivity index (χ4n) is 2.58. The molecule has 1 aliphatic heterocycles. The predicted molar refractivity (Wildman–Crippen MR) is 104 cm³/mol. The molecule has 0 bridgehead atoms. The molecule has 2 aromatic carbocycles. The van der Waals surface area contributed by atoms with Crippen LogP contribution in [0.25, 0.3) is 0 Å². The molecule has 1 amide bonds. The summed E-state index contributed by atoms with van der Waals surface area (Å²) in [6, 6.07) is 8.10. The van der Waals surface area contributed by atoms with Gasteiger partial charge < -0.3 is 19.5 Å². The first-order valence-corrected chi connectivity index (χ1v) is 10.2. The number of amides is 1. The molecule has 1 unspecified atom stereocenters. The maximum atomic E-state index is 12.7. The van der Waals surface area contributed by atoms with E-state index in [0.29, 0.717) is 30.4 Å². The Hall–Kier alpha value is -2.49. The molecule has 2 aromatic rings. The normalized spacial score (nSPS) is 14.2. The van der Waals surface area contributed by atoms with E-state index in [9.17, 15) is 13.2 Å². The quantitative estimate of drug-likeness (QED) is 0.735. The van der Waals surface area contributed by atoms with Crippen LogP contribution >= 0.6 is 11.6 Å². The molecule has 1 atom stereocenters. The molecule has 0 aromatic heterocycles. The van der Waals surface area contributed by atoms with Gasteiger partial charge in [-0.3, -0.25) is 4.79 Å². The highest BCUT2D eigenvalue weighted by Crippen LogP contribution is 2.32. The van der Waals surface area contributed by atoms with Gasteiger partial charge in [-0.05, 0) is 37.3 Å². The summed E-state index contributed by atoms with van der Waals surface area (Å²) in [6.45, 7) is 2.31. The number of fused-ring (bicyclic) bond motifs is 1. The minimum Gasteiger partial charge on any atom is -0.495 e. The Kier molecular flexibility index (Phi) is 5.97. The maximum absolute atomic E-state index is 12.7. The van der Waals surface area contributed by atoms with Crippen LogP contribution in [0, 0.1) is 0 Å². The molecular weight excluding hydrogens is 408 g/mol. The SMILES string of the molecule is COc1ccc(Cl)cc1S(=O)(=O)NC(C)C(=O)Nc1ccc2c(c1)OCCO2. The third kappa shape index (κ3) is 4.49. The Balaban J connectivity index is 1.72. The summed E-state index contributed by atoms with van der Waals surface area (Å²) in [5.74, 6) is 0.685. The van der Waals surface area contributed by atoms with Gasteiger partial charge in [0.05, 0.1) is 13.2 Å². The zero-order chi connectivity index (χ0) is 20.3. The fraction of sp³-hybridized carbons (Fsp3) is 0.278. The van der Waals surface area contributed by atoms with E-state index >= 15 is 0 Å². The zero-order valence-corrected chi connectivity index (χ0v) is 16.8. The van der Waals surface area contributed by atoms with Crippen LogP contribution in [0.5, 0.6) is 17.2 Å². The third-order valence-corrected chi connectivity index (χ3v) is 5.75. The lowest BCUT2D eigenvalue weighted by atomic mass is 10.2. The number of carbonyl (C=O) groups excluding carboxylic acids is 1. The van der Waals surface area contributed by atoms with Gasteiger partial charge in [-0.15, -0.1) is 0 Å². The molecular formula is C18H19ClN2O6S. The van der Waals surface area contributed by atoms with Crippen molar-refractivity contribution in [3.8, 4) is 17.2 Å². The van der Waals surface area contributed by atoms with Crippen LogP contribution in [0.2, 0.25) is 5.02 Å². The first-order chi connectivity index (χ1) is 13.3. The van der Waals surface area contributed by atoms with E-state index in [4.69, 9.17) is 25.8 Å². The molecule has 28 heavy (non-hydrogen) atoms. The van der Waals surface area contributed by atoms with Gasteiger partial charge in [0.1, 0.15) is 23.9 Å². The molecule has 2 N–H and O–H groups in total. The molecule has 3 rings (SSSR count). The Morgan fingerprint density at radius 3 is 2.57 bits per heavy atom.